The van der Waals surface area contributed by atoms with E-state index >= 15 is 0 Å². The highest BCUT2D eigenvalue weighted by atomic mass is 19.4. The summed E-state index contributed by atoms with van der Waals surface area (Å²) in [4.78, 5) is 27.6. The third kappa shape index (κ3) is 8.73. The first kappa shape index (κ1) is 20.5. The van der Waals surface area contributed by atoms with Crippen molar-refractivity contribution in [2.24, 2.45) is 11.1 Å². The van der Waals surface area contributed by atoms with Crippen LogP contribution in [0.1, 0.15) is 25.8 Å². The van der Waals surface area contributed by atoms with E-state index in [-0.39, 0.29) is 18.2 Å². The second-order valence-corrected chi connectivity index (χ2v) is 5.61. The van der Waals surface area contributed by atoms with Crippen molar-refractivity contribution in [2.75, 3.05) is 18.5 Å². The Balaban J connectivity index is 2.37. The van der Waals surface area contributed by atoms with E-state index in [1.807, 2.05) is 13.8 Å². The fourth-order valence-corrected chi connectivity index (χ4v) is 1.68. The number of nitrogens with zero attached hydrogens (tertiary/aromatic N) is 1. The smallest absolute Gasteiger partial charge is 0.386 e. The predicted octanol–water partition coefficient (Wildman–Crippen LogP) is 2.81. The first-order chi connectivity index (χ1) is 11.7. The summed E-state index contributed by atoms with van der Waals surface area (Å²) in [5.41, 5.74) is -0.908. The summed E-state index contributed by atoms with van der Waals surface area (Å²) in [6, 6.07) is 4.18. The van der Waals surface area contributed by atoms with E-state index in [9.17, 15) is 22.8 Å². The Bertz CT molecular complexity index is 616. The minimum atomic E-state index is -4.50. The second kappa shape index (κ2) is 9.65. The van der Waals surface area contributed by atoms with Crippen LogP contribution in [-0.4, -0.2) is 31.2 Å². The molecule has 0 spiro atoms. The number of nitrogens with one attached hydrogen (secondary N) is 2. The fourth-order valence-electron chi connectivity index (χ4n) is 1.68. The standard InChI is InChI=1S/C16H20F3N3O3/c1-11(2)6-7-20-15(24)10-25-21-9-14(23)22-13-5-3-4-12(8-13)16(17,18)19/h3-5,8-9,11H,6-7,10H2,1-2H3,(H,20,24)(H,22,23)/b21-9+. The van der Waals surface area contributed by atoms with Crippen LogP contribution in [0.3, 0.4) is 0 Å². The van der Waals surface area contributed by atoms with Crippen molar-refractivity contribution in [2.45, 2.75) is 26.4 Å². The molecule has 0 aliphatic rings. The van der Waals surface area contributed by atoms with E-state index in [1.165, 1.54) is 12.1 Å². The van der Waals surface area contributed by atoms with Crippen LogP contribution in [0.25, 0.3) is 0 Å². The van der Waals surface area contributed by atoms with Gasteiger partial charge in [-0.05, 0) is 30.5 Å². The number of hydrogen-bond donors (Lipinski definition) is 2. The van der Waals surface area contributed by atoms with Gasteiger partial charge in [-0.15, -0.1) is 0 Å². The van der Waals surface area contributed by atoms with Gasteiger partial charge in [0, 0.05) is 12.2 Å². The molecule has 0 aliphatic heterocycles. The highest BCUT2D eigenvalue weighted by molar-refractivity contribution is 6.31. The van der Waals surface area contributed by atoms with E-state index in [2.05, 4.69) is 20.6 Å². The molecule has 9 heteroatoms. The van der Waals surface area contributed by atoms with Crippen LogP contribution in [0.15, 0.2) is 29.4 Å². The lowest BCUT2D eigenvalue weighted by Crippen LogP contribution is -2.28. The molecule has 0 heterocycles. The first-order valence-corrected chi connectivity index (χ1v) is 7.58. The summed E-state index contributed by atoms with van der Waals surface area (Å²) in [7, 11) is 0. The molecule has 2 amide bonds. The van der Waals surface area contributed by atoms with Crippen molar-refractivity contribution in [1.29, 1.82) is 0 Å². The monoisotopic (exact) mass is 359 g/mol. The molecule has 0 fully saturated rings. The van der Waals surface area contributed by atoms with Crippen LogP contribution in [0.2, 0.25) is 0 Å². The third-order valence-corrected chi connectivity index (χ3v) is 2.94. The van der Waals surface area contributed by atoms with Gasteiger partial charge < -0.3 is 15.5 Å². The third-order valence-electron chi connectivity index (χ3n) is 2.94. The zero-order chi connectivity index (χ0) is 18.9. The molecule has 0 radical (unpaired) electrons. The summed E-state index contributed by atoms with van der Waals surface area (Å²) >= 11 is 0. The second-order valence-electron chi connectivity index (χ2n) is 5.61. The number of amides is 2. The Morgan fingerprint density at radius 2 is 2.04 bits per heavy atom. The van der Waals surface area contributed by atoms with Crippen molar-refractivity contribution in [3.8, 4) is 0 Å². The molecular weight excluding hydrogens is 339 g/mol. The molecule has 0 saturated carbocycles. The van der Waals surface area contributed by atoms with Crippen LogP contribution in [0.5, 0.6) is 0 Å². The number of oxime groups is 1. The van der Waals surface area contributed by atoms with Gasteiger partial charge in [-0.25, -0.2) is 0 Å². The van der Waals surface area contributed by atoms with Gasteiger partial charge >= 0.3 is 6.18 Å². The van der Waals surface area contributed by atoms with Crippen LogP contribution in [-0.2, 0) is 20.6 Å². The molecule has 1 rings (SSSR count). The van der Waals surface area contributed by atoms with E-state index in [0.29, 0.717) is 12.5 Å². The zero-order valence-electron chi connectivity index (χ0n) is 13.9. The summed E-state index contributed by atoms with van der Waals surface area (Å²) in [5.74, 6) is -0.700. The average molecular weight is 359 g/mol. The van der Waals surface area contributed by atoms with Crippen LogP contribution < -0.4 is 10.6 Å². The summed E-state index contributed by atoms with van der Waals surface area (Å²) in [6.07, 6.45) is -2.93. The Hall–Kier alpha value is -2.58. The number of rotatable bonds is 8. The van der Waals surface area contributed by atoms with E-state index in [0.717, 1.165) is 24.8 Å². The van der Waals surface area contributed by atoms with Crippen molar-refractivity contribution < 1.29 is 27.6 Å². The van der Waals surface area contributed by atoms with Gasteiger partial charge in [-0.1, -0.05) is 25.1 Å². The number of hydrogen-bond acceptors (Lipinski definition) is 4. The van der Waals surface area contributed by atoms with E-state index in [1.54, 1.807) is 0 Å². The topological polar surface area (TPSA) is 79.8 Å². The minimum absolute atomic E-state index is 0.0299. The number of carbonyl (C=O) groups excluding carboxylic acids is 2. The van der Waals surface area contributed by atoms with Gasteiger partial charge in [0.25, 0.3) is 11.8 Å². The average Bonchev–Trinajstić information content (AvgIpc) is 2.50. The van der Waals surface area contributed by atoms with Gasteiger partial charge in [0.15, 0.2) is 6.61 Å². The maximum atomic E-state index is 12.6. The molecule has 1 aromatic carbocycles. The summed E-state index contributed by atoms with van der Waals surface area (Å²) < 4.78 is 37.7. The molecule has 0 aromatic heterocycles. The molecule has 6 nitrogen and oxygen atoms in total. The lowest BCUT2D eigenvalue weighted by atomic mass is 10.1. The van der Waals surface area contributed by atoms with E-state index in [4.69, 9.17) is 0 Å². The fraction of sp³-hybridized carbons (Fsp3) is 0.438. The molecule has 0 aliphatic carbocycles. The molecule has 2 N–H and O–H groups in total. The van der Waals surface area contributed by atoms with Crippen molar-refractivity contribution in [3.63, 3.8) is 0 Å². The molecule has 1 aromatic rings. The number of benzene rings is 1. The quantitative estimate of drug-likeness (QED) is 0.553. The van der Waals surface area contributed by atoms with Crippen molar-refractivity contribution in [3.05, 3.63) is 29.8 Å². The lowest BCUT2D eigenvalue weighted by Gasteiger charge is -2.08. The maximum absolute atomic E-state index is 12.6. The highest BCUT2D eigenvalue weighted by Gasteiger charge is 2.30. The number of alkyl halides is 3. The van der Waals surface area contributed by atoms with Crippen LogP contribution in [0, 0.1) is 5.92 Å². The molecule has 0 bridgehead atoms. The largest absolute Gasteiger partial charge is 0.416 e. The minimum Gasteiger partial charge on any atom is -0.386 e. The van der Waals surface area contributed by atoms with Gasteiger partial charge in [-0.3, -0.25) is 9.59 Å². The summed E-state index contributed by atoms with van der Waals surface area (Å²) in [6.45, 7) is 4.21. The number of carbonyl (C=O) groups is 2. The van der Waals surface area contributed by atoms with Crippen molar-refractivity contribution >= 4 is 23.7 Å². The SMILES string of the molecule is CC(C)CCNC(=O)CO/N=C/C(=O)Nc1cccc(C(F)(F)F)c1. The predicted molar refractivity (Wildman–Crippen MR) is 87.0 cm³/mol. The molecule has 0 saturated heterocycles. The molecule has 25 heavy (non-hydrogen) atoms. The van der Waals surface area contributed by atoms with Crippen LogP contribution in [0.4, 0.5) is 18.9 Å². The molecular formula is C16H20F3N3O3. The normalized spacial score (nSPS) is 11.6. The van der Waals surface area contributed by atoms with Gasteiger partial charge in [-0.2, -0.15) is 13.2 Å². The maximum Gasteiger partial charge on any atom is 0.416 e. The lowest BCUT2D eigenvalue weighted by molar-refractivity contribution is -0.137. The number of halogens is 3. The Morgan fingerprint density at radius 3 is 2.68 bits per heavy atom. The summed E-state index contributed by atoms with van der Waals surface area (Å²) in [5, 5.41) is 8.14. The highest BCUT2D eigenvalue weighted by Crippen LogP contribution is 2.30. The van der Waals surface area contributed by atoms with Gasteiger partial charge in [0.1, 0.15) is 6.21 Å². The molecule has 0 atom stereocenters. The van der Waals surface area contributed by atoms with E-state index < -0.39 is 17.6 Å². The Labute approximate surface area is 143 Å². The van der Waals surface area contributed by atoms with Gasteiger partial charge in [0.05, 0.1) is 5.56 Å². The molecule has 0 unspecified atom stereocenters. The number of anilines is 1. The Morgan fingerprint density at radius 1 is 1.32 bits per heavy atom. The zero-order valence-corrected chi connectivity index (χ0v) is 13.9. The van der Waals surface area contributed by atoms with Gasteiger partial charge in [0.2, 0.25) is 0 Å². The van der Waals surface area contributed by atoms with Crippen LogP contribution >= 0.6 is 0 Å². The Kier molecular flexibility index (Phi) is 7.90. The first-order valence-electron chi connectivity index (χ1n) is 7.58. The molecule has 138 valence electrons. The van der Waals surface area contributed by atoms with Crippen molar-refractivity contribution in [1.82, 2.24) is 5.32 Å².